The zero-order valence-corrected chi connectivity index (χ0v) is 18.1. The monoisotopic (exact) mass is 429 g/mol. The first-order chi connectivity index (χ1) is 14.9. The third-order valence-electron chi connectivity index (χ3n) is 5.89. The van der Waals surface area contributed by atoms with E-state index in [0.29, 0.717) is 30.7 Å². The van der Waals surface area contributed by atoms with Crippen LogP contribution in [0.25, 0.3) is 0 Å². The Balaban J connectivity index is 1.56. The lowest BCUT2D eigenvalue weighted by molar-refractivity contribution is -0.134. The number of nitrogens with zero attached hydrogens (tertiary/aromatic N) is 1. The van der Waals surface area contributed by atoms with Gasteiger partial charge < -0.3 is 15.4 Å². The van der Waals surface area contributed by atoms with Crippen LogP contribution in [0.15, 0.2) is 24.3 Å². The van der Waals surface area contributed by atoms with Crippen molar-refractivity contribution in [2.75, 3.05) is 18.5 Å². The minimum absolute atomic E-state index is 0.306. The molecular weight excluding hydrogens is 398 g/mol. The van der Waals surface area contributed by atoms with Crippen molar-refractivity contribution in [3.63, 3.8) is 0 Å². The number of anilines is 1. The van der Waals surface area contributed by atoms with Gasteiger partial charge in [0.25, 0.3) is 5.91 Å². The minimum Gasteiger partial charge on any atom is -0.462 e. The minimum atomic E-state index is -0.864. The van der Waals surface area contributed by atoms with Gasteiger partial charge in [-0.15, -0.1) is 0 Å². The lowest BCUT2D eigenvalue weighted by atomic mass is 9.84. The van der Waals surface area contributed by atoms with Crippen molar-refractivity contribution in [3.8, 4) is 0 Å². The molecule has 1 aliphatic heterocycles. The van der Waals surface area contributed by atoms with Crippen LogP contribution < -0.4 is 10.6 Å². The van der Waals surface area contributed by atoms with E-state index in [4.69, 9.17) is 4.74 Å². The highest BCUT2D eigenvalue weighted by molar-refractivity contribution is 6.10. The topological polar surface area (TPSA) is 105 Å². The van der Waals surface area contributed by atoms with Gasteiger partial charge in [0, 0.05) is 5.69 Å². The molecule has 0 aromatic heterocycles. The highest BCUT2D eigenvalue weighted by Gasteiger charge is 2.50. The van der Waals surface area contributed by atoms with E-state index >= 15 is 0 Å². The Labute approximate surface area is 182 Å². The van der Waals surface area contributed by atoms with Gasteiger partial charge in [-0.05, 0) is 43.5 Å². The third-order valence-corrected chi connectivity index (χ3v) is 5.89. The molecule has 0 unspecified atom stereocenters. The maximum atomic E-state index is 13.0. The number of esters is 1. The number of carbonyl (C=O) groups excluding carboxylic acids is 4. The van der Waals surface area contributed by atoms with Crippen LogP contribution in [0.2, 0.25) is 0 Å². The second-order valence-corrected chi connectivity index (χ2v) is 8.29. The summed E-state index contributed by atoms with van der Waals surface area (Å²) >= 11 is 0. The second kappa shape index (κ2) is 10.4. The quantitative estimate of drug-likeness (QED) is 0.391. The molecule has 4 amide bonds. The SMILES string of the molecule is CCCCOC(=O)c1ccc(NC(=O)CN2C(=O)NC3(CCCCCCC3)C2=O)cc1. The number of hydrogen-bond donors (Lipinski definition) is 2. The summed E-state index contributed by atoms with van der Waals surface area (Å²) in [7, 11) is 0. The van der Waals surface area contributed by atoms with E-state index in [2.05, 4.69) is 10.6 Å². The Morgan fingerprint density at radius 2 is 1.71 bits per heavy atom. The lowest BCUT2D eigenvalue weighted by Crippen LogP contribution is -2.47. The third kappa shape index (κ3) is 5.62. The molecule has 8 heteroatoms. The zero-order valence-electron chi connectivity index (χ0n) is 18.1. The van der Waals surface area contributed by atoms with E-state index in [9.17, 15) is 19.2 Å². The summed E-state index contributed by atoms with van der Waals surface area (Å²) in [5.74, 6) is -1.18. The normalized spacial score (nSPS) is 18.3. The van der Waals surface area contributed by atoms with E-state index in [0.717, 1.165) is 49.8 Å². The largest absolute Gasteiger partial charge is 0.462 e. The highest BCUT2D eigenvalue weighted by atomic mass is 16.5. The van der Waals surface area contributed by atoms with Crippen molar-refractivity contribution in [1.29, 1.82) is 0 Å². The van der Waals surface area contributed by atoms with Crippen molar-refractivity contribution < 1.29 is 23.9 Å². The number of nitrogens with one attached hydrogen (secondary N) is 2. The number of rotatable bonds is 7. The molecule has 0 radical (unpaired) electrons. The summed E-state index contributed by atoms with van der Waals surface area (Å²) in [4.78, 5) is 50.9. The zero-order chi connectivity index (χ0) is 22.3. The summed E-state index contributed by atoms with van der Waals surface area (Å²) in [6.45, 7) is 2.05. The van der Waals surface area contributed by atoms with E-state index < -0.39 is 23.4 Å². The summed E-state index contributed by atoms with van der Waals surface area (Å²) in [6.07, 6.45) is 8.01. The van der Waals surface area contributed by atoms with Gasteiger partial charge in [0.15, 0.2) is 0 Å². The summed E-state index contributed by atoms with van der Waals surface area (Å²) in [6, 6.07) is 5.82. The van der Waals surface area contributed by atoms with Gasteiger partial charge >= 0.3 is 12.0 Å². The predicted octanol–water partition coefficient (Wildman–Crippen LogP) is 3.62. The molecule has 2 aliphatic rings. The highest BCUT2D eigenvalue weighted by Crippen LogP contribution is 2.32. The molecule has 0 atom stereocenters. The Bertz CT molecular complexity index is 813. The maximum Gasteiger partial charge on any atom is 0.338 e. The molecule has 3 rings (SSSR count). The molecule has 1 spiro atoms. The Morgan fingerprint density at radius 3 is 2.35 bits per heavy atom. The van der Waals surface area contributed by atoms with Gasteiger partial charge in [0.1, 0.15) is 12.1 Å². The molecule has 1 saturated carbocycles. The smallest absolute Gasteiger partial charge is 0.338 e. The van der Waals surface area contributed by atoms with Crippen LogP contribution in [0.1, 0.15) is 75.1 Å². The van der Waals surface area contributed by atoms with Crippen molar-refractivity contribution in [3.05, 3.63) is 29.8 Å². The van der Waals surface area contributed by atoms with E-state index in [1.807, 2.05) is 6.92 Å². The number of ether oxygens (including phenoxy) is 1. The van der Waals surface area contributed by atoms with Crippen molar-refractivity contribution in [2.45, 2.75) is 70.3 Å². The lowest BCUT2D eigenvalue weighted by Gasteiger charge is -2.28. The van der Waals surface area contributed by atoms with Crippen molar-refractivity contribution in [1.82, 2.24) is 10.2 Å². The van der Waals surface area contributed by atoms with Gasteiger partial charge in [-0.25, -0.2) is 9.59 Å². The van der Waals surface area contributed by atoms with E-state index in [-0.39, 0.29) is 12.5 Å². The van der Waals surface area contributed by atoms with Crippen LogP contribution in [0.3, 0.4) is 0 Å². The van der Waals surface area contributed by atoms with E-state index in [1.54, 1.807) is 24.3 Å². The first kappa shape index (κ1) is 22.8. The molecule has 1 saturated heterocycles. The summed E-state index contributed by atoms with van der Waals surface area (Å²) in [5.41, 5.74) is 0.00893. The van der Waals surface area contributed by atoms with Gasteiger partial charge in [-0.1, -0.05) is 45.4 Å². The molecule has 31 heavy (non-hydrogen) atoms. The Morgan fingerprint density at radius 1 is 1.06 bits per heavy atom. The Kier molecular flexibility index (Phi) is 7.65. The van der Waals surface area contributed by atoms with Crippen LogP contribution in [0, 0.1) is 0 Å². The maximum absolute atomic E-state index is 13.0. The van der Waals surface area contributed by atoms with Gasteiger partial charge in [-0.3, -0.25) is 14.5 Å². The molecule has 1 aromatic carbocycles. The first-order valence-electron chi connectivity index (χ1n) is 11.2. The molecule has 8 nitrogen and oxygen atoms in total. The second-order valence-electron chi connectivity index (χ2n) is 8.29. The van der Waals surface area contributed by atoms with Gasteiger partial charge in [-0.2, -0.15) is 0 Å². The van der Waals surface area contributed by atoms with Crippen LogP contribution in [0.5, 0.6) is 0 Å². The molecule has 2 fully saturated rings. The molecule has 1 heterocycles. The van der Waals surface area contributed by atoms with Crippen LogP contribution >= 0.6 is 0 Å². The van der Waals surface area contributed by atoms with Crippen LogP contribution in [-0.4, -0.2) is 47.4 Å². The van der Waals surface area contributed by atoms with Gasteiger partial charge in [0.05, 0.1) is 12.2 Å². The molecule has 168 valence electrons. The fourth-order valence-corrected chi connectivity index (χ4v) is 4.09. The number of carbonyl (C=O) groups is 4. The van der Waals surface area contributed by atoms with E-state index in [1.165, 1.54) is 0 Å². The summed E-state index contributed by atoms with van der Waals surface area (Å²) < 4.78 is 5.16. The molecule has 0 bridgehead atoms. The van der Waals surface area contributed by atoms with Gasteiger partial charge in [0.2, 0.25) is 5.91 Å². The fraction of sp³-hybridized carbons (Fsp3) is 0.565. The van der Waals surface area contributed by atoms with Crippen molar-refractivity contribution in [2.24, 2.45) is 0 Å². The number of amides is 4. The average Bonchev–Trinajstić information content (AvgIpc) is 2.96. The molecular formula is C23H31N3O5. The van der Waals surface area contributed by atoms with Crippen LogP contribution in [0.4, 0.5) is 10.5 Å². The number of urea groups is 1. The number of hydrogen-bond acceptors (Lipinski definition) is 5. The standard InChI is InChI=1S/C23H31N3O5/c1-2-3-15-31-20(28)17-9-11-18(12-10-17)24-19(27)16-26-21(29)23(25-22(26)30)13-7-5-4-6-8-14-23/h9-12H,2-8,13-16H2,1H3,(H,24,27)(H,25,30). The number of imide groups is 1. The average molecular weight is 430 g/mol. The number of unbranched alkanes of at least 4 members (excludes halogenated alkanes) is 1. The molecule has 1 aromatic rings. The number of benzene rings is 1. The van der Waals surface area contributed by atoms with Crippen LogP contribution in [-0.2, 0) is 14.3 Å². The summed E-state index contributed by atoms with van der Waals surface area (Å²) in [5, 5.41) is 5.53. The van der Waals surface area contributed by atoms with Crippen molar-refractivity contribution >= 4 is 29.5 Å². The fourth-order valence-electron chi connectivity index (χ4n) is 4.09. The molecule has 1 aliphatic carbocycles. The molecule has 2 N–H and O–H groups in total. The first-order valence-corrected chi connectivity index (χ1v) is 11.2. The predicted molar refractivity (Wildman–Crippen MR) is 116 cm³/mol. The Hall–Kier alpha value is -2.90.